The molecule has 0 atom stereocenters. The van der Waals surface area contributed by atoms with E-state index in [4.69, 9.17) is 0 Å². The molecule has 0 unspecified atom stereocenters. The molecule has 1 aliphatic heterocycles. The fourth-order valence-electron chi connectivity index (χ4n) is 2.21. The van der Waals surface area contributed by atoms with Crippen molar-refractivity contribution in [1.82, 2.24) is 25.0 Å². The molecule has 0 aliphatic carbocycles. The highest BCUT2D eigenvalue weighted by Gasteiger charge is 2.18. The second-order valence-corrected chi connectivity index (χ2v) is 4.60. The van der Waals surface area contributed by atoms with Gasteiger partial charge in [-0.1, -0.05) is 5.21 Å². The third-order valence-electron chi connectivity index (χ3n) is 3.26. The smallest absolute Gasteiger partial charge is 0.292 e. The minimum atomic E-state index is -0.253. The first-order chi connectivity index (χ1) is 9.33. The van der Waals surface area contributed by atoms with Crippen LogP contribution in [-0.2, 0) is 0 Å². The summed E-state index contributed by atoms with van der Waals surface area (Å²) in [6.07, 6.45) is 7.27. The molecule has 1 amide bonds. The number of aromatic nitrogens is 4. The van der Waals surface area contributed by atoms with Crippen LogP contribution in [0.2, 0.25) is 0 Å². The van der Waals surface area contributed by atoms with E-state index in [1.807, 2.05) is 12.1 Å². The van der Waals surface area contributed by atoms with E-state index in [2.05, 4.69) is 21.1 Å². The summed E-state index contributed by atoms with van der Waals surface area (Å²) in [5, 5.41) is 11.3. The lowest BCUT2D eigenvalue weighted by Crippen LogP contribution is -2.29. The van der Waals surface area contributed by atoms with Gasteiger partial charge in [0.05, 0.1) is 12.2 Å². The van der Waals surface area contributed by atoms with Crippen LogP contribution in [0.15, 0.2) is 30.7 Å². The van der Waals surface area contributed by atoms with E-state index in [1.165, 1.54) is 0 Å². The van der Waals surface area contributed by atoms with E-state index in [0.29, 0.717) is 11.7 Å². The van der Waals surface area contributed by atoms with Gasteiger partial charge in [-0.15, -0.1) is 5.10 Å². The van der Waals surface area contributed by atoms with E-state index in [1.54, 1.807) is 27.9 Å². The number of carbonyl (C=O) groups excluding carboxylic acids is 1. The van der Waals surface area contributed by atoms with Gasteiger partial charge >= 0.3 is 0 Å². The first kappa shape index (κ1) is 11.9. The number of nitrogens with zero attached hydrogens (tertiary/aromatic N) is 4. The Morgan fingerprint density at radius 1 is 1.32 bits per heavy atom. The molecular formula is C12H16N6O. The van der Waals surface area contributed by atoms with Crippen molar-refractivity contribution in [2.24, 2.45) is 0 Å². The predicted octanol–water partition coefficient (Wildman–Crippen LogP) is 0.388. The van der Waals surface area contributed by atoms with Gasteiger partial charge in [0, 0.05) is 12.4 Å². The van der Waals surface area contributed by atoms with Crippen molar-refractivity contribution in [3.8, 4) is 0 Å². The van der Waals surface area contributed by atoms with Gasteiger partial charge in [-0.05, 0) is 38.1 Å². The van der Waals surface area contributed by atoms with Crippen molar-refractivity contribution >= 4 is 5.91 Å². The minimum Gasteiger partial charge on any atom is -0.317 e. The number of hydrogen-bond acceptors (Lipinski definition) is 4. The minimum absolute atomic E-state index is 0.253. The third-order valence-corrected chi connectivity index (χ3v) is 3.26. The fraction of sp³-hybridized carbons (Fsp3) is 0.417. The van der Waals surface area contributed by atoms with Crippen LogP contribution in [0.1, 0.15) is 29.4 Å². The largest absolute Gasteiger partial charge is 0.317 e. The summed E-state index contributed by atoms with van der Waals surface area (Å²) in [6.45, 7) is 1.96. The van der Waals surface area contributed by atoms with Crippen molar-refractivity contribution in [1.29, 1.82) is 0 Å². The van der Waals surface area contributed by atoms with Gasteiger partial charge in [0.15, 0.2) is 5.69 Å². The van der Waals surface area contributed by atoms with Crippen molar-refractivity contribution < 1.29 is 4.79 Å². The van der Waals surface area contributed by atoms with Crippen molar-refractivity contribution in [3.63, 3.8) is 0 Å². The Morgan fingerprint density at radius 2 is 2.05 bits per heavy atom. The van der Waals surface area contributed by atoms with Crippen LogP contribution in [0.3, 0.4) is 0 Å². The maximum absolute atomic E-state index is 11.9. The summed E-state index contributed by atoms with van der Waals surface area (Å²) in [5.74, 6) is -0.253. The molecule has 0 bridgehead atoms. The number of amides is 1. The van der Waals surface area contributed by atoms with Gasteiger partial charge < -0.3 is 5.32 Å². The van der Waals surface area contributed by atoms with Crippen LogP contribution >= 0.6 is 0 Å². The summed E-state index contributed by atoms with van der Waals surface area (Å²) in [6, 6.07) is 4.01. The Kier molecular flexibility index (Phi) is 3.28. The molecule has 7 nitrogen and oxygen atoms in total. The first-order valence-electron chi connectivity index (χ1n) is 6.40. The van der Waals surface area contributed by atoms with Crippen LogP contribution in [-0.4, -0.2) is 38.7 Å². The van der Waals surface area contributed by atoms with E-state index in [-0.39, 0.29) is 5.91 Å². The molecule has 7 heteroatoms. The molecular weight excluding hydrogens is 244 g/mol. The van der Waals surface area contributed by atoms with Crippen LogP contribution in [0.25, 0.3) is 0 Å². The average molecular weight is 260 g/mol. The highest BCUT2D eigenvalue weighted by atomic mass is 16.2. The van der Waals surface area contributed by atoms with Gasteiger partial charge in [0.1, 0.15) is 0 Å². The van der Waals surface area contributed by atoms with Gasteiger partial charge in [-0.25, -0.2) is 4.68 Å². The molecule has 19 heavy (non-hydrogen) atoms. The van der Waals surface area contributed by atoms with Crippen LogP contribution < -0.4 is 10.7 Å². The quantitative estimate of drug-likeness (QED) is 0.837. The molecule has 3 heterocycles. The lowest BCUT2D eigenvalue weighted by Gasteiger charge is -2.22. The zero-order chi connectivity index (χ0) is 13.1. The summed E-state index contributed by atoms with van der Waals surface area (Å²) >= 11 is 0. The molecule has 100 valence electrons. The third kappa shape index (κ3) is 2.65. The van der Waals surface area contributed by atoms with Crippen LogP contribution in [0.5, 0.6) is 0 Å². The standard InChI is InChI=1S/C12H16N6O/c19-12(15-17-7-1-2-8-17)11-9-18(16-14-11)10-3-5-13-6-4-10/h1-2,7-10,13H,3-6H2,(H,15,19). The Morgan fingerprint density at radius 3 is 2.79 bits per heavy atom. The molecule has 1 saturated heterocycles. The molecule has 2 aromatic heterocycles. The van der Waals surface area contributed by atoms with E-state index < -0.39 is 0 Å². The molecule has 0 saturated carbocycles. The molecule has 1 aliphatic rings. The van der Waals surface area contributed by atoms with Crippen molar-refractivity contribution in [3.05, 3.63) is 36.4 Å². The van der Waals surface area contributed by atoms with E-state index in [9.17, 15) is 4.79 Å². The normalized spacial score (nSPS) is 16.4. The maximum Gasteiger partial charge on any atom is 0.292 e. The highest BCUT2D eigenvalue weighted by Crippen LogP contribution is 2.16. The zero-order valence-corrected chi connectivity index (χ0v) is 10.5. The number of rotatable bonds is 3. The van der Waals surface area contributed by atoms with Gasteiger partial charge in [-0.2, -0.15) is 0 Å². The topological polar surface area (TPSA) is 76.8 Å². The monoisotopic (exact) mass is 260 g/mol. The summed E-state index contributed by atoms with van der Waals surface area (Å²) in [5.41, 5.74) is 3.04. The van der Waals surface area contributed by atoms with Gasteiger partial charge in [0.2, 0.25) is 0 Å². The highest BCUT2D eigenvalue weighted by molar-refractivity contribution is 5.97. The van der Waals surface area contributed by atoms with Crippen LogP contribution in [0, 0.1) is 0 Å². The SMILES string of the molecule is O=C(Nn1cccc1)c1cn(C2CCNCC2)nn1. The van der Waals surface area contributed by atoms with Gasteiger partial charge in [0.25, 0.3) is 5.91 Å². The lowest BCUT2D eigenvalue weighted by atomic mass is 10.1. The average Bonchev–Trinajstić information content (AvgIpc) is 3.10. The Balaban J connectivity index is 1.68. The van der Waals surface area contributed by atoms with Crippen molar-refractivity contribution in [2.75, 3.05) is 18.5 Å². The second kappa shape index (κ2) is 5.23. The zero-order valence-electron chi connectivity index (χ0n) is 10.5. The summed E-state index contributed by atoms with van der Waals surface area (Å²) < 4.78 is 3.39. The molecule has 0 radical (unpaired) electrons. The molecule has 2 aromatic rings. The number of carbonyl (C=O) groups is 1. The van der Waals surface area contributed by atoms with Crippen LogP contribution in [0.4, 0.5) is 0 Å². The van der Waals surface area contributed by atoms with E-state index in [0.717, 1.165) is 25.9 Å². The summed E-state index contributed by atoms with van der Waals surface area (Å²) in [4.78, 5) is 11.9. The Labute approximate surface area is 110 Å². The molecule has 1 fully saturated rings. The number of hydrogen-bond donors (Lipinski definition) is 2. The van der Waals surface area contributed by atoms with Gasteiger partial charge in [-0.3, -0.25) is 14.9 Å². The Bertz CT molecular complexity index is 540. The predicted molar refractivity (Wildman–Crippen MR) is 69.3 cm³/mol. The first-order valence-corrected chi connectivity index (χ1v) is 6.40. The fourth-order valence-corrected chi connectivity index (χ4v) is 2.21. The van der Waals surface area contributed by atoms with Crippen molar-refractivity contribution in [2.45, 2.75) is 18.9 Å². The van der Waals surface area contributed by atoms with E-state index >= 15 is 0 Å². The molecule has 2 N–H and O–H groups in total. The maximum atomic E-state index is 11.9. The lowest BCUT2D eigenvalue weighted by molar-refractivity contribution is 0.100. The molecule has 0 aromatic carbocycles. The second-order valence-electron chi connectivity index (χ2n) is 4.60. The summed E-state index contributed by atoms with van der Waals surface area (Å²) in [7, 11) is 0. The number of nitrogens with one attached hydrogen (secondary N) is 2. The number of piperidine rings is 1. The molecule has 0 spiro atoms. The molecule has 3 rings (SSSR count). The Hall–Kier alpha value is -2.15.